The summed E-state index contributed by atoms with van der Waals surface area (Å²) in [7, 11) is 0. The Balaban J connectivity index is 3.35. The van der Waals surface area contributed by atoms with E-state index in [4.69, 9.17) is 0 Å². The van der Waals surface area contributed by atoms with Crippen molar-refractivity contribution in [3.8, 4) is 0 Å². The van der Waals surface area contributed by atoms with Gasteiger partial charge in [0, 0.05) is 19.2 Å². The first-order valence-corrected chi connectivity index (χ1v) is 6.46. The molecule has 0 saturated heterocycles. The second-order valence-electron chi connectivity index (χ2n) is 4.22. The van der Waals surface area contributed by atoms with E-state index in [0.717, 1.165) is 6.42 Å². The highest BCUT2D eigenvalue weighted by Crippen LogP contribution is 2.40. The summed E-state index contributed by atoms with van der Waals surface area (Å²) in [6.45, 7) is 4.80. The molecule has 110 valence electrons. The Morgan fingerprint density at radius 3 is 2.10 bits per heavy atom. The standard InChI is InChI=1S/C12H18N4O4/c1-3-7-13-9-5-6-10(15(17)18)11(14-8-4-2)12(9)16(19)20/h5-6,13-14H,3-4,7-8H2,1-2H3. The minimum Gasteiger partial charge on any atom is -0.379 e. The van der Waals surface area contributed by atoms with Crippen molar-refractivity contribution in [1.29, 1.82) is 0 Å². The molecule has 0 unspecified atom stereocenters. The SMILES string of the molecule is CCCNc1ccc([N+](=O)[O-])c(NCCC)c1[N+](=O)[O-]. The molecular weight excluding hydrogens is 264 g/mol. The lowest BCUT2D eigenvalue weighted by Crippen LogP contribution is -2.10. The van der Waals surface area contributed by atoms with Crippen LogP contribution >= 0.6 is 0 Å². The van der Waals surface area contributed by atoms with E-state index in [9.17, 15) is 20.2 Å². The van der Waals surface area contributed by atoms with Crippen LogP contribution in [-0.4, -0.2) is 22.9 Å². The summed E-state index contributed by atoms with van der Waals surface area (Å²) in [6, 6.07) is 2.66. The van der Waals surface area contributed by atoms with E-state index in [1.807, 2.05) is 13.8 Å². The number of hydrogen-bond acceptors (Lipinski definition) is 6. The van der Waals surface area contributed by atoms with Crippen LogP contribution in [0.25, 0.3) is 0 Å². The van der Waals surface area contributed by atoms with Gasteiger partial charge in [-0.2, -0.15) is 0 Å². The van der Waals surface area contributed by atoms with E-state index >= 15 is 0 Å². The Labute approximate surface area is 116 Å². The third-order valence-corrected chi connectivity index (χ3v) is 2.65. The number of nitrogens with zero attached hydrogens (tertiary/aromatic N) is 2. The fourth-order valence-electron chi connectivity index (χ4n) is 1.75. The lowest BCUT2D eigenvalue weighted by Gasteiger charge is -2.11. The second kappa shape index (κ2) is 7.27. The molecule has 0 amide bonds. The topological polar surface area (TPSA) is 110 Å². The zero-order valence-corrected chi connectivity index (χ0v) is 11.5. The van der Waals surface area contributed by atoms with Gasteiger partial charge in [-0.3, -0.25) is 20.2 Å². The molecule has 0 aliphatic rings. The average molecular weight is 282 g/mol. The van der Waals surface area contributed by atoms with Gasteiger partial charge in [-0.25, -0.2) is 0 Å². The van der Waals surface area contributed by atoms with E-state index in [1.165, 1.54) is 12.1 Å². The van der Waals surface area contributed by atoms with Crippen LogP contribution in [0.2, 0.25) is 0 Å². The van der Waals surface area contributed by atoms with Crippen LogP contribution in [0.3, 0.4) is 0 Å². The Hall–Kier alpha value is -2.38. The Morgan fingerprint density at radius 2 is 1.60 bits per heavy atom. The summed E-state index contributed by atoms with van der Waals surface area (Å²) in [4.78, 5) is 21.0. The van der Waals surface area contributed by atoms with E-state index in [2.05, 4.69) is 10.6 Å². The van der Waals surface area contributed by atoms with E-state index < -0.39 is 9.85 Å². The van der Waals surface area contributed by atoms with Gasteiger partial charge in [0.05, 0.1) is 9.85 Å². The van der Waals surface area contributed by atoms with Gasteiger partial charge in [0.1, 0.15) is 5.69 Å². The number of nitro benzene ring substituents is 2. The van der Waals surface area contributed by atoms with E-state index in [-0.39, 0.29) is 17.1 Å². The lowest BCUT2D eigenvalue weighted by molar-refractivity contribution is -0.391. The van der Waals surface area contributed by atoms with Crippen LogP contribution in [-0.2, 0) is 0 Å². The van der Waals surface area contributed by atoms with Crippen LogP contribution in [0.4, 0.5) is 22.7 Å². The fourth-order valence-corrected chi connectivity index (χ4v) is 1.75. The highest BCUT2D eigenvalue weighted by atomic mass is 16.6. The number of nitrogens with one attached hydrogen (secondary N) is 2. The summed E-state index contributed by atoms with van der Waals surface area (Å²) < 4.78 is 0. The molecule has 0 aromatic heterocycles. The number of anilines is 2. The Bertz CT molecular complexity index is 504. The molecule has 0 radical (unpaired) electrons. The molecular formula is C12H18N4O4. The molecule has 2 N–H and O–H groups in total. The van der Waals surface area contributed by atoms with Crippen molar-refractivity contribution in [2.24, 2.45) is 0 Å². The van der Waals surface area contributed by atoms with Crippen molar-refractivity contribution in [1.82, 2.24) is 0 Å². The molecule has 8 heteroatoms. The maximum absolute atomic E-state index is 11.2. The Morgan fingerprint density at radius 1 is 1.00 bits per heavy atom. The number of benzene rings is 1. The Kier molecular flexibility index (Phi) is 5.70. The van der Waals surface area contributed by atoms with Crippen LogP contribution in [0.5, 0.6) is 0 Å². The third-order valence-electron chi connectivity index (χ3n) is 2.65. The minimum absolute atomic E-state index is 0.0389. The third kappa shape index (κ3) is 3.56. The van der Waals surface area contributed by atoms with Crippen molar-refractivity contribution in [3.63, 3.8) is 0 Å². The van der Waals surface area contributed by atoms with Crippen molar-refractivity contribution < 1.29 is 9.85 Å². The zero-order valence-electron chi connectivity index (χ0n) is 11.5. The van der Waals surface area contributed by atoms with Crippen molar-refractivity contribution in [3.05, 3.63) is 32.4 Å². The minimum atomic E-state index is -0.616. The normalized spacial score (nSPS) is 10.1. The smallest absolute Gasteiger partial charge is 0.322 e. The molecule has 1 rings (SSSR count). The van der Waals surface area contributed by atoms with E-state index in [0.29, 0.717) is 25.2 Å². The van der Waals surface area contributed by atoms with Crippen LogP contribution in [0.1, 0.15) is 26.7 Å². The fraction of sp³-hybridized carbons (Fsp3) is 0.500. The van der Waals surface area contributed by atoms with Crippen LogP contribution < -0.4 is 10.6 Å². The predicted molar refractivity (Wildman–Crippen MR) is 77.3 cm³/mol. The van der Waals surface area contributed by atoms with Gasteiger partial charge in [0.15, 0.2) is 5.69 Å². The van der Waals surface area contributed by atoms with Gasteiger partial charge in [-0.1, -0.05) is 13.8 Å². The maximum Gasteiger partial charge on any atom is 0.322 e. The molecule has 0 aliphatic carbocycles. The van der Waals surface area contributed by atoms with Gasteiger partial charge in [-0.05, 0) is 18.9 Å². The molecule has 1 aromatic carbocycles. The first kappa shape index (κ1) is 15.7. The van der Waals surface area contributed by atoms with Crippen molar-refractivity contribution in [2.75, 3.05) is 23.7 Å². The molecule has 1 aromatic rings. The van der Waals surface area contributed by atoms with Crippen molar-refractivity contribution >= 4 is 22.7 Å². The van der Waals surface area contributed by atoms with Gasteiger partial charge < -0.3 is 10.6 Å². The largest absolute Gasteiger partial charge is 0.379 e. The summed E-state index contributed by atoms with van der Waals surface area (Å²) in [5.41, 5.74) is -0.308. The number of nitro groups is 2. The van der Waals surface area contributed by atoms with Gasteiger partial charge in [0.2, 0.25) is 0 Å². The van der Waals surface area contributed by atoms with Gasteiger partial charge in [-0.15, -0.1) is 0 Å². The molecule has 8 nitrogen and oxygen atoms in total. The first-order chi connectivity index (χ1) is 9.52. The number of rotatable bonds is 8. The summed E-state index contributed by atoms with van der Waals surface area (Å²) in [5, 5.41) is 28.0. The quantitative estimate of drug-likeness (QED) is 0.559. The second-order valence-corrected chi connectivity index (χ2v) is 4.22. The zero-order chi connectivity index (χ0) is 15.1. The summed E-state index contributed by atoms with van der Waals surface area (Å²) >= 11 is 0. The molecule has 0 aliphatic heterocycles. The van der Waals surface area contributed by atoms with Crippen LogP contribution in [0.15, 0.2) is 12.1 Å². The average Bonchev–Trinajstić information content (AvgIpc) is 2.41. The predicted octanol–water partition coefficient (Wildman–Crippen LogP) is 3.15. The lowest BCUT2D eigenvalue weighted by atomic mass is 10.2. The molecule has 20 heavy (non-hydrogen) atoms. The molecule has 0 fully saturated rings. The summed E-state index contributed by atoms with van der Waals surface area (Å²) in [5.74, 6) is 0. The first-order valence-electron chi connectivity index (χ1n) is 6.46. The number of hydrogen-bond donors (Lipinski definition) is 2. The van der Waals surface area contributed by atoms with Gasteiger partial charge in [0.25, 0.3) is 5.69 Å². The monoisotopic (exact) mass is 282 g/mol. The highest BCUT2D eigenvalue weighted by molar-refractivity contribution is 5.83. The molecule has 0 heterocycles. The van der Waals surface area contributed by atoms with E-state index in [1.54, 1.807) is 0 Å². The molecule has 0 spiro atoms. The molecule has 0 bridgehead atoms. The molecule has 0 atom stereocenters. The maximum atomic E-state index is 11.2. The van der Waals surface area contributed by atoms with Crippen LogP contribution in [0, 0.1) is 20.2 Å². The van der Waals surface area contributed by atoms with Crippen molar-refractivity contribution in [2.45, 2.75) is 26.7 Å². The highest BCUT2D eigenvalue weighted by Gasteiger charge is 2.28. The van der Waals surface area contributed by atoms with Gasteiger partial charge >= 0.3 is 5.69 Å². The molecule has 0 saturated carbocycles. The summed E-state index contributed by atoms with van der Waals surface area (Å²) in [6.07, 6.45) is 1.51.